The van der Waals surface area contributed by atoms with E-state index in [9.17, 15) is 13.2 Å². The normalized spacial score (nSPS) is 12.8. The molecule has 1 rings (SSSR count). The fraction of sp³-hybridized carbons (Fsp3) is 0.632. The Bertz CT molecular complexity index is 563. The van der Waals surface area contributed by atoms with Gasteiger partial charge in [0.15, 0.2) is 12.6 Å². The Morgan fingerprint density at radius 3 is 2.15 bits per heavy atom. The van der Waals surface area contributed by atoms with Crippen molar-refractivity contribution in [1.82, 2.24) is 15.5 Å². The smallest absolute Gasteiger partial charge is 0.422 e. The summed E-state index contributed by atoms with van der Waals surface area (Å²) in [6.45, 7) is 9.60. The molecule has 0 spiro atoms. The van der Waals surface area contributed by atoms with E-state index in [-0.39, 0.29) is 5.75 Å². The first-order valence-electron chi connectivity index (χ1n) is 9.11. The van der Waals surface area contributed by atoms with E-state index in [1.54, 1.807) is 19.2 Å². The van der Waals surface area contributed by atoms with E-state index in [0.717, 1.165) is 18.7 Å². The first-order chi connectivity index (χ1) is 12.6. The molecule has 0 atom stereocenters. The van der Waals surface area contributed by atoms with E-state index in [0.29, 0.717) is 24.6 Å². The van der Waals surface area contributed by atoms with Crippen molar-refractivity contribution in [2.75, 3.05) is 26.7 Å². The van der Waals surface area contributed by atoms with Gasteiger partial charge in [0.25, 0.3) is 0 Å². The van der Waals surface area contributed by atoms with Crippen LogP contribution in [0.1, 0.15) is 33.3 Å². The molecular weight excluding hydrogens is 357 g/mol. The molecule has 1 aromatic rings. The third-order valence-corrected chi connectivity index (χ3v) is 4.00. The molecule has 0 aromatic heterocycles. The van der Waals surface area contributed by atoms with E-state index < -0.39 is 12.8 Å². The van der Waals surface area contributed by atoms with Crippen molar-refractivity contribution in [2.45, 2.75) is 52.5 Å². The number of ether oxygens (including phenoxy) is 1. The van der Waals surface area contributed by atoms with Gasteiger partial charge < -0.3 is 15.4 Å². The van der Waals surface area contributed by atoms with Gasteiger partial charge in [0.05, 0.1) is 0 Å². The summed E-state index contributed by atoms with van der Waals surface area (Å²) in [6, 6.07) is 7.46. The second kappa shape index (κ2) is 11.0. The minimum atomic E-state index is -4.33. The fourth-order valence-corrected chi connectivity index (χ4v) is 2.69. The van der Waals surface area contributed by atoms with Crippen molar-refractivity contribution in [1.29, 1.82) is 0 Å². The van der Waals surface area contributed by atoms with Gasteiger partial charge in [-0.05, 0) is 45.4 Å². The van der Waals surface area contributed by atoms with Crippen LogP contribution in [-0.4, -0.2) is 55.9 Å². The largest absolute Gasteiger partial charge is 0.484 e. The Morgan fingerprint density at radius 1 is 1.07 bits per heavy atom. The molecule has 0 saturated heterocycles. The number of rotatable bonds is 9. The zero-order chi connectivity index (χ0) is 20.4. The predicted molar refractivity (Wildman–Crippen MR) is 103 cm³/mol. The number of hydrogen-bond donors (Lipinski definition) is 2. The molecule has 5 nitrogen and oxygen atoms in total. The Morgan fingerprint density at radius 2 is 1.67 bits per heavy atom. The predicted octanol–water partition coefficient (Wildman–Crippen LogP) is 3.41. The van der Waals surface area contributed by atoms with Gasteiger partial charge in [0.1, 0.15) is 5.75 Å². The highest BCUT2D eigenvalue weighted by Gasteiger charge is 2.28. The summed E-state index contributed by atoms with van der Waals surface area (Å²) in [4.78, 5) is 6.58. The Kier molecular flexibility index (Phi) is 9.41. The van der Waals surface area contributed by atoms with Gasteiger partial charge in [0.2, 0.25) is 0 Å². The van der Waals surface area contributed by atoms with Crippen molar-refractivity contribution < 1.29 is 17.9 Å². The van der Waals surface area contributed by atoms with Crippen LogP contribution in [0.4, 0.5) is 13.2 Å². The van der Waals surface area contributed by atoms with Gasteiger partial charge >= 0.3 is 6.18 Å². The van der Waals surface area contributed by atoms with Gasteiger partial charge in [-0.15, -0.1) is 0 Å². The minimum Gasteiger partial charge on any atom is -0.484 e. The summed E-state index contributed by atoms with van der Waals surface area (Å²) in [6.07, 6.45) is -4.33. The van der Waals surface area contributed by atoms with Crippen LogP contribution in [0, 0.1) is 0 Å². The first kappa shape index (κ1) is 23.1. The average Bonchev–Trinajstić information content (AvgIpc) is 2.59. The van der Waals surface area contributed by atoms with Crippen LogP contribution in [0.25, 0.3) is 0 Å². The van der Waals surface area contributed by atoms with E-state index in [2.05, 4.69) is 48.2 Å². The van der Waals surface area contributed by atoms with Crippen LogP contribution in [-0.2, 0) is 6.54 Å². The number of aliphatic imine (C=N–C) groups is 1. The topological polar surface area (TPSA) is 48.9 Å². The number of hydrogen-bond acceptors (Lipinski definition) is 3. The lowest BCUT2D eigenvalue weighted by Crippen LogP contribution is -2.45. The zero-order valence-electron chi connectivity index (χ0n) is 16.7. The second-order valence-electron chi connectivity index (χ2n) is 6.83. The van der Waals surface area contributed by atoms with Crippen LogP contribution in [0.2, 0.25) is 0 Å². The maximum atomic E-state index is 12.2. The molecule has 154 valence electrons. The van der Waals surface area contributed by atoms with Crippen molar-refractivity contribution in [3.05, 3.63) is 29.8 Å². The molecule has 0 radical (unpaired) electrons. The van der Waals surface area contributed by atoms with Gasteiger partial charge in [-0.25, -0.2) is 0 Å². The summed E-state index contributed by atoms with van der Waals surface area (Å²) in [5.74, 6) is 0.876. The number of halogens is 3. The van der Waals surface area contributed by atoms with Crippen molar-refractivity contribution in [3.8, 4) is 5.75 Å². The monoisotopic (exact) mass is 388 g/mol. The van der Waals surface area contributed by atoms with E-state index >= 15 is 0 Å². The number of alkyl halides is 3. The maximum absolute atomic E-state index is 12.2. The molecule has 0 amide bonds. The molecule has 0 aliphatic heterocycles. The summed E-state index contributed by atoms with van der Waals surface area (Å²) in [5.41, 5.74) is 0.920. The SMILES string of the molecule is CN=C(NCCN(C(C)C)C(C)C)NCc1ccc(OCC(F)(F)F)cc1. The zero-order valence-corrected chi connectivity index (χ0v) is 16.7. The number of guanidine groups is 1. The van der Waals surface area contributed by atoms with Gasteiger partial charge in [-0.1, -0.05) is 12.1 Å². The molecular formula is C19H31F3N4O. The molecule has 0 unspecified atom stereocenters. The highest BCUT2D eigenvalue weighted by atomic mass is 19.4. The molecule has 0 bridgehead atoms. The quantitative estimate of drug-likeness (QED) is 0.503. The fourth-order valence-electron chi connectivity index (χ4n) is 2.69. The second-order valence-corrected chi connectivity index (χ2v) is 6.83. The molecule has 0 aliphatic carbocycles. The third kappa shape index (κ3) is 9.51. The van der Waals surface area contributed by atoms with Crippen molar-refractivity contribution >= 4 is 5.96 Å². The lowest BCUT2D eigenvalue weighted by atomic mass is 10.2. The highest BCUT2D eigenvalue weighted by molar-refractivity contribution is 5.79. The van der Waals surface area contributed by atoms with Crippen LogP contribution >= 0.6 is 0 Å². The minimum absolute atomic E-state index is 0.195. The van der Waals surface area contributed by atoms with Gasteiger partial charge in [-0.2, -0.15) is 13.2 Å². The molecule has 0 aliphatic rings. The number of nitrogens with zero attached hydrogens (tertiary/aromatic N) is 2. The molecule has 1 aromatic carbocycles. The van der Waals surface area contributed by atoms with Crippen LogP contribution in [0.15, 0.2) is 29.3 Å². The molecule has 8 heteroatoms. The molecule has 27 heavy (non-hydrogen) atoms. The van der Waals surface area contributed by atoms with E-state index in [1.165, 1.54) is 12.1 Å². The summed E-state index contributed by atoms with van der Waals surface area (Å²) in [7, 11) is 1.70. The van der Waals surface area contributed by atoms with Crippen LogP contribution in [0.3, 0.4) is 0 Å². The van der Waals surface area contributed by atoms with E-state index in [4.69, 9.17) is 4.74 Å². The number of nitrogens with one attached hydrogen (secondary N) is 2. The Hall–Kier alpha value is -1.96. The van der Waals surface area contributed by atoms with Crippen LogP contribution < -0.4 is 15.4 Å². The Balaban J connectivity index is 2.42. The van der Waals surface area contributed by atoms with Crippen LogP contribution in [0.5, 0.6) is 5.75 Å². The highest BCUT2D eigenvalue weighted by Crippen LogP contribution is 2.18. The Labute approximate surface area is 160 Å². The molecule has 0 heterocycles. The number of benzene rings is 1. The molecule has 0 saturated carbocycles. The summed E-state index contributed by atoms with van der Waals surface area (Å²) >= 11 is 0. The maximum Gasteiger partial charge on any atom is 0.422 e. The summed E-state index contributed by atoms with van der Waals surface area (Å²) < 4.78 is 41.2. The standard InChI is InChI=1S/C19H31F3N4O/c1-14(2)26(15(3)4)11-10-24-18(23-5)25-12-16-6-8-17(9-7-16)27-13-19(20,21)22/h6-9,14-15H,10-13H2,1-5H3,(H2,23,24,25). The molecule has 2 N–H and O–H groups in total. The molecule has 0 fully saturated rings. The van der Waals surface area contributed by atoms with Gasteiger partial charge in [0, 0.05) is 38.8 Å². The van der Waals surface area contributed by atoms with Crippen molar-refractivity contribution in [3.63, 3.8) is 0 Å². The lowest BCUT2D eigenvalue weighted by Gasteiger charge is -2.30. The third-order valence-electron chi connectivity index (χ3n) is 4.00. The summed E-state index contributed by atoms with van der Waals surface area (Å²) in [5, 5.41) is 6.47. The average molecular weight is 388 g/mol. The van der Waals surface area contributed by atoms with Gasteiger partial charge in [-0.3, -0.25) is 9.89 Å². The van der Waals surface area contributed by atoms with E-state index in [1.807, 2.05) is 0 Å². The lowest BCUT2D eigenvalue weighted by molar-refractivity contribution is -0.153. The first-order valence-corrected chi connectivity index (χ1v) is 9.11. The van der Waals surface area contributed by atoms with Crippen molar-refractivity contribution in [2.24, 2.45) is 4.99 Å².